The van der Waals surface area contributed by atoms with Crippen molar-refractivity contribution in [2.24, 2.45) is 0 Å². The molecule has 0 saturated heterocycles. The van der Waals surface area contributed by atoms with Gasteiger partial charge in [0.25, 0.3) is 0 Å². The lowest BCUT2D eigenvalue weighted by Crippen LogP contribution is -2.22. The Labute approximate surface area is 108 Å². The predicted molar refractivity (Wildman–Crippen MR) is 71.2 cm³/mol. The van der Waals surface area contributed by atoms with Gasteiger partial charge in [0.2, 0.25) is 5.91 Å². The SMILES string of the molecule is CCCC(=O)NCC#Cc1ccc(C(C)=O)cc1. The molecule has 0 spiro atoms. The number of carbonyl (C=O) groups excluding carboxylic acids is 2. The molecule has 0 atom stereocenters. The maximum Gasteiger partial charge on any atom is 0.220 e. The molecule has 1 amide bonds. The van der Waals surface area contributed by atoms with Gasteiger partial charge in [-0.25, -0.2) is 0 Å². The summed E-state index contributed by atoms with van der Waals surface area (Å²) in [4.78, 5) is 22.2. The van der Waals surface area contributed by atoms with Crippen LogP contribution in [0.2, 0.25) is 0 Å². The smallest absolute Gasteiger partial charge is 0.220 e. The van der Waals surface area contributed by atoms with E-state index in [9.17, 15) is 9.59 Å². The number of nitrogens with one attached hydrogen (secondary N) is 1. The minimum Gasteiger partial charge on any atom is -0.345 e. The van der Waals surface area contributed by atoms with Crippen LogP contribution in [0.15, 0.2) is 24.3 Å². The second-order valence-electron chi connectivity index (χ2n) is 3.96. The largest absolute Gasteiger partial charge is 0.345 e. The second-order valence-corrected chi connectivity index (χ2v) is 3.96. The average molecular weight is 243 g/mol. The average Bonchev–Trinajstić information content (AvgIpc) is 2.35. The van der Waals surface area contributed by atoms with Crippen LogP contribution >= 0.6 is 0 Å². The third kappa shape index (κ3) is 4.84. The third-order valence-corrected chi connectivity index (χ3v) is 2.38. The molecule has 0 unspecified atom stereocenters. The minimum atomic E-state index is 0.0266. The number of Topliss-reactive ketones (excluding diaryl/α,β-unsaturated/α-hetero) is 1. The normalized spacial score (nSPS) is 9.22. The van der Waals surface area contributed by atoms with Crippen LogP contribution in [-0.4, -0.2) is 18.2 Å². The van der Waals surface area contributed by atoms with Gasteiger partial charge in [0, 0.05) is 17.5 Å². The van der Waals surface area contributed by atoms with Crippen molar-refractivity contribution in [3.63, 3.8) is 0 Å². The fraction of sp³-hybridized carbons (Fsp3) is 0.333. The van der Waals surface area contributed by atoms with Crippen LogP contribution in [0.5, 0.6) is 0 Å². The maximum atomic E-state index is 11.2. The molecule has 18 heavy (non-hydrogen) atoms. The Bertz CT molecular complexity index is 477. The van der Waals surface area contributed by atoms with E-state index in [0.717, 1.165) is 12.0 Å². The van der Waals surface area contributed by atoms with E-state index in [0.29, 0.717) is 18.5 Å². The molecule has 1 aromatic rings. The number of hydrogen-bond acceptors (Lipinski definition) is 2. The quantitative estimate of drug-likeness (QED) is 0.650. The van der Waals surface area contributed by atoms with Crippen LogP contribution < -0.4 is 5.32 Å². The molecule has 0 aliphatic heterocycles. The van der Waals surface area contributed by atoms with Crippen molar-refractivity contribution in [2.45, 2.75) is 26.7 Å². The molecule has 0 saturated carbocycles. The Balaban J connectivity index is 2.48. The first-order valence-electron chi connectivity index (χ1n) is 6.00. The van der Waals surface area contributed by atoms with E-state index in [2.05, 4.69) is 17.2 Å². The Morgan fingerprint density at radius 3 is 2.44 bits per heavy atom. The highest BCUT2D eigenvalue weighted by Gasteiger charge is 1.97. The summed E-state index contributed by atoms with van der Waals surface area (Å²) in [5.74, 6) is 5.87. The summed E-state index contributed by atoms with van der Waals surface area (Å²) < 4.78 is 0. The monoisotopic (exact) mass is 243 g/mol. The molecular formula is C15H17NO2. The fourth-order valence-electron chi connectivity index (χ4n) is 1.39. The summed E-state index contributed by atoms with van der Waals surface area (Å²) in [5.41, 5.74) is 1.52. The molecule has 0 radical (unpaired) electrons. The van der Waals surface area contributed by atoms with E-state index >= 15 is 0 Å². The van der Waals surface area contributed by atoms with E-state index in [1.54, 1.807) is 24.3 Å². The van der Waals surface area contributed by atoms with E-state index in [1.165, 1.54) is 6.92 Å². The van der Waals surface area contributed by atoms with Crippen molar-refractivity contribution in [3.8, 4) is 11.8 Å². The van der Waals surface area contributed by atoms with Crippen LogP contribution in [-0.2, 0) is 4.79 Å². The molecule has 1 N–H and O–H groups in total. The van der Waals surface area contributed by atoms with Crippen molar-refractivity contribution < 1.29 is 9.59 Å². The standard InChI is InChI=1S/C15H17NO2/c1-3-5-15(18)16-11-4-6-13-7-9-14(10-8-13)12(2)17/h7-10H,3,5,11H2,1-2H3,(H,16,18). The fourth-order valence-corrected chi connectivity index (χ4v) is 1.39. The van der Waals surface area contributed by atoms with Crippen LogP contribution in [0.25, 0.3) is 0 Å². The van der Waals surface area contributed by atoms with Gasteiger partial charge in [0.1, 0.15) is 0 Å². The van der Waals surface area contributed by atoms with Crippen molar-refractivity contribution in [2.75, 3.05) is 6.54 Å². The molecule has 0 aliphatic rings. The summed E-state index contributed by atoms with van der Waals surface area (Å²) in [6, 6.07) is 7.11. The Hall–Kier alpha value is -2.08. The molecule has 0 aliphatic carbocycles. The Morgan fingerprint density at radius 2 is 1.89 bits per heavy atom. The van der Waals surface area contributed by atoms with E-state index in [-0.39, 0.29) is 11.7 Å². The van der Waals surface area contributed by atoms with E-state index in [4.69, 9.17) is 0 Å². The minimum absolute atomic E-state index is 0.0266. The van der Waals surface area contributed by atoms with Crippen LogP contribution in [0, 0.1) is 11.8 Å². The first kappa shape index (κ1) is 14.0. The summed E-state index contributed by atoms with van der Waals surface area (Å²) in [5, 5.41) is 2.72. The van der Waals surface area contributed by atoms with Gasteiger partial charge < -0.3 is 5.32 Å². The summed E-state index contributed by atoms with van der Waals surface area (Å²) >= 11 is 0. The zero-order chi connectivity index (χ0) is 13.4. The summed E-state index contributed by atoms with van der Waals surface area (Å²) in [6.07, 6.45) is 1.38. The van der Waals surface area contributed by atoms with Crippen LogP contribution in [0.3, 0.4) is 0 Å². The predicted octanol–water partition coefficient (Wildman–Crippen LogP) is 2.16. The topological polar surface area (TPSA) is 46.2 Å². The highest BCUT2D eigenvalue weighted by molar-refractivity contribution is 5.94. The number of amides is 1. The number of hydrogen-bond donors (Lipinski definition) is 1. The van der Waals surface area contributed by atoms with Crippen molar-refractivity contribution in [1.82, 2.24) is 5.32 Å². The van der Waals surface area contributed by atoms with Gasteiger partial charge in [-0.1, -0.05) is 30.9 Å². The number of rotatable bonds is 4. The first-order valence-corrected chi connectivity index (χ1v) is 6.00. The van der Waals surface area contributed by atoms with Crippen LogP contribution in [0.4, 0.5) is 0 Å². The molecule has 0 heterocycles. The zero-order valence-corrected chi connectivity index (χ0v) is 10.7. The molecule has 0 bridgehead atoms. The Kier molecular flexibility index (Phi) is 5.66. The first-order chi connectivity index (χ1) is 8.63. The van der Waals surface area contributed by atoms with E-state index < -0.39 is 0 Å². The lowest BCUT2D eigenvalue weighted by Gasteiger charge is -1.97. The van der Waals surface area contributed by atoms with Gasteiger partial charge in [-0.05, 0) is 25.5 Å². The van der Waals surface area contributed by atoms with Gasteiger partial charge in [-0.15, -0.1) is 0 Å². The van der Waals surface area contributed by atoms with Gasteiger partial charge in [0.15, 0.2) is 5.78 Å². The highest BCUT2D eigenvalue weighted by Crippen LogP contribution is 2.03. The van der Waals surface area contributed by atoms with Gasteiger partial charge >= 0.3 is 0 Å². The molecule has 0 fully saturated rings. The van der Waals surface area contributed by atoms with Crippen molar-refractivity contribution in [3.05, 3.63) is 35.4 Å². The third-order valence-electron chi connectivity index (χ3n) is 2.38. The summed E-state index contributed by atoms with van der Waals surface area (Å²) in [7, 11) is 0. The molecule has 3 heteroatoms. The summed E-state index contributed by atoms with van der Waals surface area (Å²) in [6.45, 7) is 3.85. The van der Waals surface area contributed by atoms with Gasteiger partial charge in [0.05, 0.1) is 6.54 Å². The molecule has 3 nitrogen and oxygen atoms in total. The molecule has 94 valence electrons. The number of ketones is 1. The number of benzene rings is 1. The zero-order valence-electron chi connectivity index (χ0n) is 10.7. The Morgan fingerprint density at radius 1 is 1.22 bits per heavy atom. The van der Waals surface area contributed by atoms with E-state index in [1.807, 2.05) is 6.92 Å². The molecule has 1 aromatic carbocycles. The second kappa shape index (κ2) is 7.29. The van der Waals surface area contributed by atoms with Gasteiger partial charge in [-0.3, -0.25) is 9.59 Å². The molecule has 1 rings (SSSR count). The lowest BCUT2D eigenvalue weighted by atomic mass is 10.1. The van der Waals surface area contributed by atoms with Crippen molar-refractivity contribution >= 4 is 11.7 Å². The van der Waals surface area contributed by atoms with Crippen LogP contribution in [0.1, 0.15) is 42.6 Å². The van der Waals surface area contributed by atoms with Crippen molar-refractivity contribution in [1.29, 1.82) is 0 Å². The lowest BCUT2D eigenvalue weighted by molar-refractivity contribution is -0.120. The van der Waals surface area contributed by atoms with Gasteiger partial charge in [-0.2, -0.15) is 0 Å². The number of carbonyl (C=O) groups is 2. The highest BCUT2D eigenvalue weighted by atomic mass is 16.1. The molecular weight excluding hydrogens is 226 g/mol. The maximum absolute atomic E-state index is 11.2. The molecule has 0 aromatic heterocycles.